The van der Waals surface area contributed by atoms with Crippen LogP contribution in [0.4, 0.5) is 8.78 Å². The van der Waals surface area contributed by atoms with E-state index in [0.717, 1.165) is 0 Å². The molecule has 0 saturated carbocycles. The molecule has 1 atom stereocenters. The number of hydrogen-bond donors (Lipinski definition) is 0. The van der Waals surface area contributed by atoms with Gasteiger partial charge in [-0.15, -0.1) is 0 Å². The minimum Gasteiger partial charge on any atom is -0.382 e. The van der Waals surface area contributed by atoms with Crippen LogP contribution in [0.1, 0.15) is 17.5 Å². The third-order valence-electron chi connectivity index (χ3n) is 3.84. The van der Waals surface area contributed by atoms with Gasteiger partial charge in [-0.05, 0) is 18.2 Å². The molecule has 6 heteroatoms. The van der Waals surface area contributed by atoms with Crippen LogP contribution in [-0.4, -0.2) is 29.7 Å². The smallest absolute Gasteiger partial charge is 0.266 e. The topological polar surface area (TPSA) is 41.9 Å². The zero-order valence-corrected chi connectivity index (χ0v) is 13.1. The standard InChI is InChI=1S/C18H16F2N2O2/c1-22(11-13-5-2-3-8-15(13)20)18(23)17-10-16(21-24-17)12-6-4-7-14(19)9-12/h2-9,17H,10-11H2,1H3. The zero-order chi connectivity index (χ0) is 17.1. The van der Waals surface area contributed by atoms with E-state index in [1.54, 1.807) is 37.4 Å². The van der Waals surface area contributed by atoms with E-state index in [1.807, 2.05) is 0 Å². The van der Waals surface area contributed by atoms with Crippen LogP contribution in [0.2, 0.25) is 0 Å². The fraction of sp³-hybridized carbons (Fsp3) is 0.222. The van der Waals surface area contributed by atoms with Crippen LogP contribution >= 0.6 is 0 Å². The molecule has 24 heavy (non-hydrogen) atoms. The van der Waals surface area contributed by atoms with Gasteiger partial charge in [0.05, 0.1) is 5.71 Å². The van der Waals surface area contributed by atoms with Crippen molar-refractivity contribution in [1.29, 1.82) is 0 Å². The molecule has 0 aromatic heterocycles. The summed E-state index contributed by atoms with van der Waals surface area (Å²) in [5.41, 5.74) is 1.53. The Kier molecular flexibility index (Phi) is 4.55. The minimum atomic E-state index is -0.778. The number of hydrogen-bond acceptors (Lipinski definition) is 3. The van der Waals surface area contributed by atoms with E-state index < -0.39 is 6.10 Å². The van der Waals surface area contributed by atoms with Crippen molar-refractivity contribution < 1.29 is 18.4 Å². The number of carbonyl (C=O) groups is 1. The largest absolute Gasteiger partial charge is 0.382 e. The van der Waals surface area contributed by atoms with Crippen LogP contribution in [-0.2, 0) is 16.2 Å². The van der Waals surface area contributed by atoms with Crippen LogP contribution < -0.4 is 0 Å². The van der Waals surface area contributed by atoms with Gasteiger partial charge in [-0.2, -0.15) is 0 Å². The summed E-state index contributed by atoms with van der Waals surface area (Å²) in [6, 6.07) is 12.3. The third kappa shape index (κ3) is 3.42. The van der Waals surface area contributed by atoms with Crippen LogP contribution in [0.25, 0.3) is 0 Å². The highest BCUT2D eigenvalue weighted by Crippen LogP contribution is 2.20. The molecular formula is C18H16F2N2O2. The summed E-state index contributed by atoms with van der Waals surface area (Å²) >= 11 is 0. The van der Waals surface area contributed by atoms with Crippen molar-refractivity contribution in [1.82, 2.24) is 4.90 Å². The van der Waals surface area contributed by atoms with Crippen LogP contribution in [0.3, 0.4) is 0 Å². The van der Waals surface area contributed by atoms with E-state index >= 15 is 0 Å². The van der Waals surface area contributed by atoms with E-state index in [0.29, 0.717) is 16.8 Å². The van der Waals surface area contributed by atoms with E-state index in [9.17, 15) is 13.6 Å². The molecule has 0 saturated heterocycles. The fourth-order valence-corrected chi connectivity index (χ4v) is 2.55. The maximum absolute atomic E-state index is 13.7. The first kappa shape index (κ1) is 16.1. The summed E-state index contributed by atoms with van der Waals surface area (Å²) in [6.07, 6.45) is -0.524. The molecule has 1 heterocycles. The van der Waals surface area contributed by atoms with Gasteiger partial charge in [0.25, 0.3) is 5.91 Å². The van der Waals surface area contributed by atoms with Crippen molar-refractivity contribution in [2.24, 2.45) is 5.16 Å². The van der Waals surface area contributed by atoms with Crippen LogP contribution in [0, 0.1) is 11.6 Å². The highest BCUT2D eigenvalue weighted by atomic mass is 19.1. The first-order valence-electron chi connectivity index (χ1n) is 7.51. The molecule has 1 aliphatic rings. The fourth-order valence-electron chi connectivity index (χ4n) is 2.55. The van der Waals surface area contributed by atoms with Crippen LogP contribution in [0.5, 0.6) is 0 Å². The van der Waals surface area contributed by atoms with Gasteiger partial charge in [0.15, 0.2) is 0 Å². The lowest BCUT2D eigenvalue weighted by Crippen LogP contribution is -2.36. The van der Waals surface area contributed by atoms with Gasteiger partial charge in [0.2, 0.25) is 6.10 Å². The lowest BCUT2D eigenvalue weighted by Gasteiger charge is -2.20. The van der Waals surface area contributed by atoms with Gasteiger partial charge >= 0.3 is 0 Å². The summed E-state index contributed by atoms with van der Waals surface area (Å²) < 4.78 is 27.0. The Morgan fingerprint density at radius 2 is 2.04 bits per heavy atom. The Morgan fingerprint density at radius 1 is 1.25 bits per heavy atom. The summed E-state index contributed by atoms with van der Waals surface area (Å²) in [5.74, 6) is -1.03. The Balaban J connectivity index is 1.64. The van der Waals surface area contributed by atoms with E-state index in [4.69, 9.17) is 4.84 Å². The first-order chi connectivity index (χ1) is 11.5. The Hall–Kier alpha value is -2.76. The number of rotatable bonds is 4. The number of likely N-dealkylation sites (N-methyl/N-ethyl adjacent to an activating group) is 1. The van der Waals surface area contributed by atoms with Crippen molar-refractivity contribution >= 4 is 11.6 Å². The predicted octanol–water partition coefficient (Wildman–Crippen LogP) is 3.12. The number of amides is 1. The maximum atomic E-state index is 13.7. The van der Waals surface area contributed by atoms with Crippen molar-refractivity contribution in [3.05, 3.63) is 71.3 Å². The molecule has 3 rings (SSSR count). The first-order valence-corrected chi connectivity index (χ1v) is 7.51. The van der Waals surface area contributed by atoms with Crippen molar-refractivity contribution in [2.75, 3.05) is 7.05 Å². The van der Waals surface area contributed by atoms with E-state index in [1.165, 1.54) is 23.1 Å². The molecule has 0 bridgehead atoms. The van der Waals surface area contributed by atoms with Crippen molar-refractivity contribution in [2.45, 2.75) is 19.1 Å². The van der Waals surface area contributed by atoms with Gasteiger partial charge < -0.3 is 9.74 Å². The summed E-state index contributed by atoms with van der Waals surface area (Å²) in [6.45, 7) is 0.140. The molecule has 0 aliphatic carbocycles. The monoisotopic (exact) mass is 330 g/mol. The zero-order valence-electron chi connectivity index (χ0n) is 13.1. The number of nitrogens with zero attached hydrogens (tertiary/aromatic N) is 2. The summed E-state index contributed by atoms with van der Waals surface area (Å²) in [5, 5.41) is 3.88. The van der Waals surface area contributed by atoms with Gasteiger partial charge in [-0.3, -0.25) is 4.79 Å². The number of halogens is 2. The lowest BCUT2D eigenvalue weighted by atomic mass is 10.0. The molecule has 1 amide bonds. The van der Waals surface area contributed by atoms with Gasteiger partial charge in [0, 0.05) is 31.1 Å². The average Bonchev–Trinajstić information content (AvgIpc) is 3.06. The highest BCUT2D eigenvalue weighted by Gasteiger charge is 2.31. The van der Waals surface area contributed by atoms with Crippen molar-refractivity contribution in [3.63, 3.8) is 0 Å². The molecular weight excluding hydrogens is 314 g/mol. The van der Waals surface area contributed by atoms with Crippen LogP contribution in [0.15, 0.2) is 53.7 Å². The van der Waals surface area contributed by atoms with Crippen molar-refractivity contribution in [3.8, 4) is 0 Å². The molecule has 0 N–H and O–H groups in total. The number of benzene rings is 2. The molecule has 0 radical (unpaired) electrons. The van der Waals surface area contributed by atoms with Gasteiger partial charge in [-0.25, -0.2) is 8.78 Å². The second kappa shape index (κ2) is 6.78. The molecule has 2 aromatic carbocycles. The minimum absolute atomic E-state index is 0.140. The normalized spacial score (nSPS) is 16.5. The second-order valence-electron chi connectivity index (χ2n) is 5.63. The molecule has 124 valence electrons. The Labute approximate surface area is 138 Å². The number of oxime groups is 1. The van der Waals surface area contributed by atoms with Gasteiger partial charge in [-0.1, -0.05) is 35.5 Å². The SMILES string of the molecule is CN(Cc1ccccc1F)C(=O)C1CC(c2cccc(F)c2)=NO1. The highest BCUT2D eigenvalue weighted by molar-refractivity contribution is 6.04. The molecule has 0 fully saturated rings. The van der Waals surface area contributed by atoms with E-state index in [2.05, 4.69) is 5.16 Å². The number of carbonyl (C=O) groups excluding carboxylic acids is 1. The quantitative estimate of drug-likeness (QED) is 0.864. The molecule has 4 nitrogen and oxygen atoms in total. The van der Waals surface area contributed by atoms with E-state index in [-0.39, 0.29) is 30.5 Å². The second-order valence-corrected chi connectivity index (χ2v) is 5.63. The maximum Gasteiger partial charge on any atom is 0.266 e. The summed E-state index contributed by atoms with van der Waals surface area (Å²) in [7, 11) is 1.58. The van der Waals surface area contributed by atoms with Gasteiger partial charge in [0.1, 0.15) is 11.6 Å². The lowest BCUT2D eigenvalue weighted by molar-refractivity contribution is -0.141. The molecule has 2 aromatic rings. The molecule has 1 aliphatic heterocycles. The summed E-state index contributed by atoms with van der Waals surface area (Å²) in [4.78, 5) is 19.0. The Morgan fingerprint density at radius 3 is 2.79 bits per heavy atom. The third-order valence-corrected chi connectivity index (χ3v) is 3.84. The molecule has 1 unspecified atom stereocenters. The predicted molar refractivity (Wildman–Crippen MR) is 85.3 cm³/mol. The Bertz CT molecular complexity index is 792. The average molecular weight is 330 g/mol. The molecule has 0 spiro atoms.